The fourth-order valence-electron chi connectivity index (χ4n) is 2.76. The van der Waals surface area contributed by atoms with Crippen LogP contribution >= 0.6 is 15.9 Å². The number of nitrogens with one attached hydrogen (secondary N) is 1. The number of anilines is 1. The van der Waals surface area contributed by atoms with Gasteiger partial charge in [0.1, 0.15) is 0 Å². The van der Waals surface area contributed by atoms with Gasteiger partial charge in [0.2, 0.25) is 5.91 Å². The van der Waals surface area contributed by atoms with E-state index < -0.39 is 0 Å². The summed E-state index contributed by atoms with van der Waals surface area (Å²) in [6, 6.07) is 1.87. The lowest BCUT2D eigenvalue weighted by atomic mass is 9.90. The highest BCUT2D eigenvalue weighted by Crippen LogP contribution is 2.26. The van der Waals surface area contributed by atoms with E-state index in [4.69, 9.17) is 0 Å². The fourth-order valence-corrected chi connectivity index (χ4v) is 3.13. The van der Waals surface area contributed by atoms with Crippen LogP contribution in [0.15, 0.2) is 22.9 Å². The Morgan fingerprint density at radius 3 is 2.62 bits per heavy atom. The van der Waals surface area contributed by atoms with Crippen LogP contribution in [-0.4, -0.2) is 34.4 Å². The number of piperidine rings is 1. The first kappa shape index (κ1) is 16.4. The number of nitrogens with zero attached hydrogens (tertiary/aromatic N) is 2. The molecule has 0 atom stereocenters. The van der Waals surface area contributed by atoms with Crippen molar-refractivity contribution in [3.63, 3.8) is 0 Å². The summed E-state index contributed by atoms with van der Waals surface area (Å²) in [4.78, 5) is 18.7. The van der Waals surface area contributed by atoms with Gasteiger partial charge in [-0.1, -0.05) is 0 Å². The lowest BCUT2D eigenvalue weighted by Gasteiger charge is -2.40. The van der Waals surface area contributed by atoms with Crippen LogP contribution in [0.2, 0.25) is 0 Å². The number of carbonyl (C=O) groups is 1. The van der Waals surface area contributed by atoms with E-state index in [1.807, 2.05) is 6.07 Å². The monoisotopic (exact) mass is 353 g/mol. The van der Waals surface area contributed by atoms with Crippen LogP contribution in [0.3, 0.4) is 0 Å². The van der Waals surface area contributed by atoms with E-state index in [2.05, 4.69) is 51.9 Å². The molecule has 1 aliphatic heterocycles. The Morgan fingerprint density at radius 1 is 1.38 bits per heavy atom. The van der Waals surface area contributed by atoms with Crippen molar-refractivity contribution in [2.45, 2.75) is 45.6 Å². The molecule has 4 nitrogen and oxygen atoms in total. The number of likely N-dealkylation sites (tertiary alicyclic amines) is 1. The van der Waals surface area contributed by atoms with Crippen molar-refractivity contribution in [3.05, 3.63) is 22.9 Å². The van der Waals surface area contributed by atoms with Crippen molar-refractivity contribution < 1.29 is 4.79 Å². The SMILES string of the molecule is CC(C)(C)N1CCC(CC(=O)Nc2cncc(Br)c2)CC1. The lowest BCUT2D eigenvalue weighted by Crippen LogP contribution is -2.46. The Bertz CT molecular complexity index is 491. The lowest BCUT2D eigenvalue weighted by molar-refractivity contribution is -0.117. The van der Waals surface area contributed by atoms with Crippen molar-refractivity contribution in [2.24, 2.45) is 5.92 Å². The second kappa shape index (κ2) is 6.88. The van der Waals surface area contributed by atoms with E-state index in [1.165, 1.54) is 0 Å². The Balaban J connectivity index is 1.79. The average Bonchev–Trinajstić information content (AvgIpc) is 2.38. The number of pyridine rings is 1. The molecule has 1 saturated heterocycles. The first-order valence-corrected chi connectivity index (χ1v) is 8.29. The molecule has 1 aromatic heterocycles. The quantitative estimate of drug-likeness (QED) is 0.901. The van der Waals surface area contributed by atoms with Gasteiger partial charge in [-0.3, -0.25) is 14.7 Å². The van der Waals surface area contributed by atoms with Crippen LogP contribution in [0.5, 0.6) is 0 Å². The molecular formula is C16H24BrN3O. The highest BCUT2D eigenvalue weighted by Gasteiger charge is 2.27. The predicted octanol–water partition coefficient (Wildman–Crippen LogP) is 3.68. The summed E-state index contributed by atoms with van der Waals surface area (Å²) in [5, 5.41) is 2.93. The summed E-state index contributed by atoms with van der Waals surface area (Å²) in [6.45, 7) is 8.92. The van der Waals surface area contributed by atoms with Gasteiger partial charge in [0.15, 0.2) is 0 Å². The van der Waals surface area contributed by atoms with Crippen molar-refractivity contribution in [1.29, 1.82) is 0 Å². The third-order valence-corrected chi connectivity index (χ3v) is 4.46. The molecule has 0 aliphatic carbocycles. The second-order valence-electron chi connectivity index (χ2n) is 6.75. The first-order chi connectivity index (χ1) is 9.84. The smallest absolute Gasteiger partial charge is 0.224 e. The standard InChI is InChI=1S/C16H24BrN3O/c1-16(2,3)20-6-4-12(5-7-20)8-15(21)19-14-9-13(17)10-18-11-14/h9-12H,4-8H2,1-3H3,(H,19,21). The number of aromatic nitrogens is 1. The molecule has 1 fully saturated rings. The van der Waals surface area contributed by atoms with Gasteiger partial charge in [0.25, 0.3) is 0 Å². The van der Waals surface area contributed by atoms with Crippen molar-refractivity contribution in [3.8, 4) is 0 Å². The van der Waals surface area contributed by atoms with E-state index in [1.54, 1.807) is 12.4 Å². The van der Waals surface area contributed by atoms with E-state index in [-0.39, 0.29) is 11.4 Å². The molecule has 2 rings (SSSR count). The van der Waals surface area contributed by atoms with Crippen molar-refractivity contribution in [2.75, 3.05) is 18.4 Å². The fraction of sp³-hybridized carbons (Fsp3) is 0.625. The highest BCUT2D eigenvalue weighted by atomic mass is 79.9. The van der Waals surface area contributed by atoms with Gasteiger partial charge in [0.05, 0.1) is 11.9 Å². The third kappa shape index (κ3) is 5.08. The van der Waals surface area contributed by atoms with Crippen molar-refractivity contribution in [1.82, 2.24) is 9.88 Å². The number of hydrogen-bond donors (Lipinski definition) is 1. The molecule has 116 valence electrons. The van der Waals surface area contributed by atoms with Gasteiger partial charge in [-0.2, -0.15) is 0 Å². The molecule has 0 bridgehead atoms. The summed E-state index contributed by atoms with van der Waals surface area (Å²) in [6.07, 6.45) is 6.18. The van der Waals surface area contributed by atoms with Gasteiger partial charge in [0, 0.05) is 22.6 Å². The summed E-state index contributed by atoms with van der Waals surface area (Å²) >= 11 is 3.36. The zero-order valence-electron chi connectivity index (χ0n) is 13.0. The van der Waals surface area contributed by atoms with E-state index >= 15 is 0 Å². The third-order valence-electron chi connectivity index (χ3n) is 4.03. The first-order valence-electron chi connectivity index (χ1n) is 7.50. The van der Waals surface area contributed by atoms with Gasteiger partial charge in [-0.15, -0.1) is 0 Å². The number of halogens is 1. The molecule has 1 N–H and O–H groups in total. The summed E-state index contributed by atoms with van der Waals surface area (Å²) in [5.74, 6) is 0.577. The van der Waals surface area contributed by atoms with Gasteiger partial charge >= 0.3 is 0 Å². The zero-order chi connectivity index (χ0) is 15.5. The number of rotatable bonds is 3. The second-order valence-corrected chi connectivity index (χ2v) is 7.66. The maximum Gasteiger partial charge on any atom is 0.224 e. The molecular weight excluding hydrogens is 330 g/mol. The molecule has 0 saturated carbocycles. The average molecular weight is 354 g/mol. The molecule has 1 aliphatic rings. The van der Waals surface area contributed by atoms with Crippen LogP contribution in [0.4, 0.5) is 5.69 Å². The molecule has 1 amide bonds. The van der Waals surface area contributed by atoms with Crippen LogP contribution in [0, 0.1) is 5.92 Å². The van der Waals surface area contributed by atoms with Crippen LogP contribution in [0.25, 0.3) is 0 Å². The largest absolute Gasteiger partial charge is 0.325 e. The summed E-state index contributed by atoms with van der Waals surface area (Å²) in [7, 11) is 0. The van der Waals surface area contributed by atoms with Crippen LogP contribution in [-0.2, 0) is 4.79 Å². The molecule has 1 aromatic rings. The van der Waals surface area contributed by atoms with Gasteiger partial charge in [-0.25, -0.2) is 0 Å². The summed E-state index contributed by atoms with van der Waals surface area (Å²) in [5.41, 5.74) is 0.983. The molecule has 0 unspecified atom stereocenters. The van der Waals surface area contributed by atoms with Crippen molar-refractivity contribution >= 4 is 27.5 Å². The molecule has 0 radical (unpaired) electrons. The molecule has 5 heteroatoms. The maximum atomic E-state index is 12.1. The van der Waals surface area contributed by atoms with E-state index in [0.717, 1.165) is 36.1 Å². The topological polar surface area (TPSA) is 45.2 Å². The highest BCUT2D eigenvalue weighted by molar-refractivity contribution is 9.10. The normalized spacial score (nSPS) is 17.7. The molecule has 21 heavy (non-hydrogen) atoms. The molecule has 0 aromatic carbocycles. The molecule has 2 heterocycles. The van der Waals surface area contributed by atoms with Gasteiger partial charge in [-0.05, 0) is 74.6 Å². The minimum absolute atomic E-state index is 0.0871. The minimum atomic E-state index is 0.0871. The van der Waals surface area contributed by atoms with E-state index in [0.29, 0.717) is 12.3 Å². The Labute approximate surface area is 135 Å². The number of hydrogen-bond acceptors (Lipinski definition) is 3. The Morgan fingerprint density at radius 2 is 2.05 bits per heavy atom. The maximum absolute atomic E-state index is 12.1. The summed E-state index contributed by atoms with van der Waals surface area (Å²) < 4.78 is 0.874. The number of amides is 1. The predicted molar refractivity (Wildman–Crippen MR) is 89.2 cm³/mol. The zero-order valence-corrected chi connectivity index (χ0v) is 14.6. The van der Waals surface area contributed by atoms with Crippen LogP contribution < -0.4 is 5.32 Å². The Hall–Kier alpha value is -0.940. The number of carbonyl (C=O) groups excluding carboxylic acids is 1. The van der Waals surface area contributed by atoms with Gasteiger partial charge < -0.3 is 5.32 Å². The molecule has 0 spiro atoms. The Kier molecular flexibility index (Phi) is 5.38. The van der Waals surface area contributed by atoms with E-state index in [9.17, 15) is 4.79 Å². The van der Waals surface area contributed by atoms with Crippen LogP contribution in [0.1, 0.15) is 40.0 Å². The minimum Gasteiger partial charge on any atom is -0.325 e.